The highest BCUT2D eigenvalue weighted by Gasteiger charge is 2.25. The molecule has 3 aromatic rings. The van der Waals surface area contributed by atoms with Crippen molar-refractivity contribution in [2.75, 3.05) is 6.61 Å². The Morgan fingerprint density at radius 2 is 2.03 bits per heavy atom. The third-order valence-electron chi connectivity index (χ3n) is 5.89. The fourth-order valence-electron chi connectivity index (χ4n) is 4.38. The molecule has 31 heavy (non-hydrogen) atoms. The van der Waals surface area contributed by atoms with Gasteiger partial charge in [-0.3, -0.25) is 9.59 Å². The van der Waals surface area contributed by atoms with Crippen LogP contribution in [0, 0.1) is 27.7 Å². The van der Waals surface area contributed by atoms with Crippen LogP contribution in [0.4, 0.5) is 0 Å². The molecule has 1 aromatic carbocycles. The quantitative estimate of drug-likeness (QED) is 0.658. The van der Waals surface area contributed by atoms with Crippen LogP contribution < -0.4 is 15.8 Å². The number of carbonyl (C=O) groups is 2. The lowest BCUT2D eigenvalue weighted by Gasteiger charge is -2.28. The van der Waals surface area contributed by atoms with Gasteiger partial charge in [-0.25, -0.2) is 9.50 Å². The minimum Gasteiger partial charge on any atom is -0.493 e. The van der Waals surface area contributed by atoms with Crippen molar-refractivity contribution in [1.29, 1.82) is 0 Å². The zero-order chi connectivity index (χ0) is 22.3. The Morgan fingerprint density at radius 3 is 2.77 bits per heavy atom. The number of hydrogen-bond donors (Lipinski definition) is 2. The molecule has 0 saturated heterocycles. The molecule has 1 atom stereocenters. The summed E-state index contributed by atoms with van der Waals surface area (Å²) in [6.07, 6.45) is 3.04. The Hall–Kier alpha value is -3.42. The summed E-state index contributed by atoms with van der Waals surface area (Å²) in [6.45, 7) is 8.45. The minimum absolute atomic E-state index is 0.0193. The maximum absolute atomic E-state index is 12.8. The van der Waals surface area contributed by atoms with Gasteiger partial charge in [0.2, 0.25) is 5.91 Å². The first-order valence-corrected chi connectivity index (χ1v) is 10.4. The monoisotopic (exact) mass is 421 g/mol. The van der Waals surface area contributed by atoms with E-state index in [4.69, 9.17) is 10.5 Å². The molecule has 0 fully saturated rings. The van der Waals surface area contributed by atoms with Crippen molar-refractivity contribution in [2.24, 2.45) is 5.73 Å². The SMILES string of the molecule is Cc1cc(C)c2c(c1)C(NC(=O)CCc1c(C)nc3c(C(N)=O)cnn3c1C)CCO2. The maximum atomic E-state index is 12.8. The average molecular weight is 422 g/mol. The number of nitrogens with zero attached hydrogens (tertiary/aromatic N) is 3. The topological polar surface area (TPSA) is 112 Å². The molecule has 0 aliphatic carbocycles. The molecule has 0 saturated carbocycles. The summed E-state index contributed by atoms with van der Waals surface area (Å²) >= 11 is 0. The summed E-state index contributed by atoms with van der Waals surface area (Å²) in [4.78, 5) is 28.9. The van der Waals surface area contributed by atoms with E-state index in [0.717, 1.165) is 45.8 Å². The lowest BCUT2D eigenvalue weighted by atomic mass is 9.95. The predicted octanol–water partition coefficient (Wildman–Crippen LogP) is 2.63. The number of amides is 2. The third kappa shape index (κ3) is 3.85. The number of aromatic nitrogens is 3. The van der Waals surface area contributed by atoms with Crippen LogP contribution in [0.15, 0.2) is 18.3 Å². The van der Waals surface area contributed by atoms with Crippen molar-refractivity contribution in [3.63, 3.8) is 0 Å². The van der Waals surface area contributed by atoms with Gasteiger partial charge in [0.05, 0.1) is 18.8 Å². The minimum atomic E-state index is -0.560. The number of nitrogens with two attached hydrogens (primary N) is 1. The summed E-state index contributed by atoms with van der Waals surface area (Å²) in [6, 6.07) is 4.13. The highest BCUT2D eigenvalue weighted by atomic mass is 16.5. The van der Waals surface area contributed by atoms with Gasteiger partial charge in [-0.2, -0.15) is 5.10 Å². The number of benzene rings is 1. The molecule has 1 unspecified atom stereocenters. The van der Waals surface area contributed by atoms with Gasteiger partial charge in [-0.05, 0) is 45.2 Å². The zero-order valence-electron chi connectivity index (χ0n) is 18.3. The van der Waals surface area contributed by atoms with Crippen LogP contribution in [0.5, 0.6) is 5.75 Å². The van der Waals surface area contributed by atoms with Crippen LogP contribution in [0.3, 0.4) is 0 Å². The second-order valence-electron chi connectivity index (χ2n) is 8.18. The van der Waals surface area contributed by atoms with Gasteiger partial charge in [0.1, 0.15) is 11.3 Å². The normalized spacial score (nSPS) is 15.4. The first-order valence-electron chi connectivity index (χ1n) is 10.4. The molecule has 3 N–H and O–H groups in total. The molecule has 2 aromatic heterocycles. The number of nitrogens with one attached hydrogen (secondary N) is 1. The molecule has 1 aliphatic heterocycles. The number of hydrogen-bond acceptors (Lipinski definition) is 5. The Morgan fingerprint density at radius 1 is 1.26 bits per heavy atom. The van der Waals surface area contributed by atoms with Crippen molar-refractivity contribution >= 4 is 17.5 Å². The fraction of sp³-hybridized carbons (Fsp3) is 0.391. The molecular weight excluding hydrogens is 394 g/mol. The Labute approximate surface area is 180 Å². The van der Waals surface area contributed by atoms with E-state index in [0.29, 0.717) is 30.7 Å². The lowest BCUT2D eigenvalue weighted by molar-refractivity contribution is -0.122. The molecule has 0 radical (unpaired) electrons. The van der Waals surface area contributed by atoms with Crippen molar-refractivity contribution in [1.82, 2.24) is 19.9 Å². The van der Waals surface area contributed by atoms with Crippen molar-refractivity contribution in [2.45, 2.75) is 53.0 Å². The van der Waals surface area contributed by atoms with E-state index < -0.39 is 5.91 Å². The van der Waals surface area contributed by atoms with Crippen molar-refractivity contribution in [3.05, 3.63) is 57.5 Å². The van der Waals surface area contributed by atoms with E-state index in [1.54, 1.807) is 4.52 Å². The van der Waals surface area contributed by atoms with Crippen LogP contribution in [-0.4, -0.2) is 33.0 Å². The summed E-state index contributed by atoms with van der Waals surface area (Å²) in [5.41, 5.74) is 12.0. The van der Waals surface area contributed by atoms with Gasteiger partial charge in [0, 0.05) is 29.8 Å². The Balaban J connectivity index is 1.50. The molecule has 0 bridgehead atoms. The maximum Gasteiger partial charge on any atom is 0.254 e. The van der Waals surface area contributed by atoms with E-state index in [-0.39, 0.29) is 11.9 Å². The molecule has 4 rings (SSSR count). The molecule has 2 amide bonds. The number of ether oxygens (including phenoxy) is 1. The predicted molar refractivity (Wildman–Crippen MR) is 116 cm³/mol. The second kappa shape index (κ2) is 8.02. The van der Waals surface area contributed by atoms with Gasteiger partial charge >= 0.3 is 0 Å². The van der Waals surface area contributed by atoms with Crippen LogP contribution in [0.1, 0.15) is 62.9 Å². The van der Waals surface area contributed by atoms with Crippen LogP contribution in [0.2, 0.25) is 0 Å². The van der Waals surface area contributed by atoms with Gasteiger partial charge in [-0.1, -0.05) is 17.7 Å². The van der Waals surface area contributed by atoms with E-state index in [1.807, 2.05) is 27.7 Å². The first kappa shape index (κ1) is 20.8. The lowest BCUT2D eigenvalue weighted by Crippen LogP contribution is -2.32. The number of rotatable bonds is 5. The molecule has 8 nitrogen and oxygen atoms in total. The second-order valence-corrected chi connectivity index (χ2v) is 8.18. The summed E-state index contributed by atoms with van der Waals surface area (Å²) in [5.74, 6) is 0.303. The number of fused-ring (bicyclic) bond motifs is 2. The zero-order valence-corrected chi connectivity index (χ0v) is 18.3. The first-order chi connectivity index (χ1) is 14.8. The largest absolute Gasteiger partial charge is 0.493 e. The molecule has 8 heteroatoms. The van der Waals surface area contributed by atoms with Crippen LogP contribution in [0.25, 0.3) is 5.65 Å². The van der Waals surface area contributed by atoms with E-state index in [1.165, 1.54) is 6.20 Å². The van der Waals surface area contributed by atoms with Gasteiger partial charge < -0.3 is 15.8 Å². The fourth-order valence-corrected chi connectivity index (χ4v) is 4.38. The van der Waals surface area contributed by atoms with Crippen molar-refractivity contribution in [3.8, 4) is 5.75 Å². The van der Waals surface area contributed by atoms with E-state index in [2.05, 4.69) is 27.5 Å². The molecule has 0 spiro atoms. The standard InChI is InChI=1S/C23H27N5O3/c1-12-9-13(2)21-17(10-12)19(7-8-31-21)27-20(29)6-5-16-14(3)26-23-18(22(24)30)11-25-28(23)15(16)4/h9-11,19H,5-8H2,1-4H3,(H2,24,30)(H,27,29). The van der Waals surface area contributed by atoms with Gasteiger partial charge in [-0.15, -0.1) is 0 Å². The van der Waals surface area contributed by atoms with E-state index in [9.17, 15) is 9.59 Å². The Bertz CT molecular complexity index is 1200. The smallest absolute Gasteiger partial charge is 0.254 e. The molecule has 3 heterocycles. The number of carbonyl (C=O) groups excluding carboxylic acids is 2. The van der Waals surface area contributed by atoms with Gasteiger partial charge in [0.15, 0.2) is 5.65 Å². The molecule has 162 valence electrons. The summed E-state index contributed by atoms with van der Waals surface area (Å²) in [5, 5.41) is 7.41. The Kier molecular flexibility index (Phi) is 5.39. The molecule has 1 aliphatic rings. The van der Waals surface area contributed by atoms with Crippen LogP contribution >= 0.6 is 0 Å². The van der Waals surface area contributed by atoms with Crippen molar-refractivity contribution < 1.29 is 14.3 Å². The summed E-state index contributed by atoms with van der Waals surface area (Å²) in [7, 11) is 0. The van der Waals surface area contributed by atoms with Crippen LogP contribution in [-0.2, 0) is 11.2 Å². The third-order valence-corrected chi connectivity index (χ3v) is 5.89. The highest BCUT2D eigenvalue weighted by molar-refractivity contribution is 5.98. The highest BCUT2D eigenvalue weighted by Crippen LogP contribution is 2.35. The number of aryl methyl sites for hydroxylation is 4. The summed E-state index contributed by atoms with van der Waals surface area (Å²) < 4.78 is 7.45. The molecular formula is C23H27N5O3. The average Bonchev–Trinajstić information content (AvgIpc) is 3.12. The van der Waals surface area contributed by atoms with E-state index >= 15 is 0 Å². The van der Waals surface area contributed by atoms with Gasteiger partial charge in [0.25, 0.3) is 5.91 Å². The number of primary amides is 1.